The summed E-state index contributed by atoms with van der Waals surface area (Å²) >= 11 is 0. The number of rotatable bonds is 4. The lowest BCUT2D eigenvalue weighted by Crippen LogP contribution is -2.76. The fourth-order valence-electron chi connectivity index (χ4n) is 9.74. The maximum atomic E-state index is 7.05. The summed E-state index contributed by atoms with van der Waals surface area (Å²) in [7, 11) is -3.01. The summed E-state index contributed by atoms with van der Waals surface area (Å²) < 4.78 is 11.8. The third-order valence-electron chi connectivity index (χ3n) is 12.1. The van der Waals surface area contributed by atoms with E-state index >= 15 is 0 Å². The highest BCUT2D eigenvalue weighted by atomic mass is 28.3. The third-order valence-corrected chi connectivity index (χ3v) is 16.9. The summed E-state index contributed by atoms with van der Waals surface area (Å²) in [6.07, 6.45) is 0. The van der Waals surface area contributed by atoms with Crippen molar-refractivity contribution in [2.45, 2.75) is 0 Å². The van der Waals surface area contributed by atoms with Crippen LogP contribution < -0.4 is 25.5 Å². The van der Waals surface area contributed by atoms with Crippen LogP contribution in [0.3, 0.4) is 0 Å². The van der Waals surface area contributed by atoms with Gasteiger partial charge in [-0.25, -0.2) is 0 Å². The first-order valence-electron chi connectivity index (χ1n) is 19.3. The van der Waals surface area contributed by atoms with E-state index < -0.39 is 8.07 Å². The van der Waals surface area contributed by atoms with Gasteiger partial charge in [-0.15, -0.1) is 0 Å². The van der Waals surface area contributed by atoms with Crippen molar-refractivity contribution in [1.29, 1.82) is 0 Å². The molecule has 0 spiro atoms. The Morgan fingerprint density at radius 2 is 0.768 bits per heavy atom. The monoisotopic (exact) mass is 730 g/mol. The molecule has 1 aliphatic heterocycles. The molecule has 0 saturated heterocycles. The maximum Gasteiger partial charge on any atom is 0.188 e. The van der Waals surface area contributed by atoms with Crippen molar-refractivity contribution < 1.29 is 4.74 Å². The van der Waals surface area contributed by atoms with E-state index in [2.05, 4.69) is 215 Å². The van der Waals surface area contributed by atoms with E-state index in [4.69, 9.17) is 4.74 Å². The van der Waals surface area contributed by atoms with E-state index in [9.17, 15) is 0 Å². The number of fused-ring (bicyclic) bond motifs is 9. The summed E-state index contributed by atoms with van der Waals surface area (Å²) in [5.74, 6) is 1.83. The zero-order chi connectivity index (χ0) is 36.8. The molecule has 12 rings (SSSR count). The molecule has 0 aliphatic carbocycles. The Balaban J connectivity index is 1.15. The van der Waals surface area contributed by atoms with Crippen molar-refractivity contribution >= 4 is 83.2 Å². The Kier molecular flexibility index (Phi) is 6.65. The molecule has 1 atom stereocenters. The van der Waals surface area contributed by atoms with Crippen LogP contribution in [-0.4, -0.2) is 17.2 Å². The Morgan fingerprint density at radius 1 is 0.321 bits per heavy atom. The van der Waals surface area contributed by atoms with E-state index in [1.807, 2.05) is 0 Å². The summed E-state index contributed by atoms with van der Waals surface area (Å²) in [6.45, 7) is 0. The third kappa shape index (κ3) is 4.27. The molecule has 0 bridgehead atoms. The summed E-state index contributed by atoms with van der Waals surface area (Å²) in [6, 6.07) is 75.8. The molecule has 9 aromatic carbocycles. The number of para-hydroxylation sites is 5. The van der Waals surface area contributed by atoms with Crippen molar-refractivity contribution in [3.8, 4) is 22.9 Å². The zero-order valence-corrected chi connectivity index (χ0v) is 31.4. The molecule has 0 saturated carbocycles. The van der Waals surface area contributed by atoms with Crippen molar-refractivity contribution in [1.82, 2.24) is 9.13 Å². The Bertz CT molecular complexity index is 3240. The average Bonchev–Trinajstić information content (AvgIpc) is 3.78. The van der Waals surface area contributed by atoms with Gasteiger partial charge in [-0.2, -0.15) is 0 Å². The summed E-state index contributed by atoms with van der Waals surface area (Å²) in [5.41, 5.74) is 7.02. The number of hydrogen-bond donors (Lipinski definition) is 0. The summed E-state index contributed by atoms with van der Waals surface area (Å²) in [5, 5.41) is 12.7. The first kappa shape index (κ1) is 31.2. The SMILES string of the molecule is c1ccc2c(c1)Oc1cc(-n3c4ccccc4c4ccccc43)ccc1[Si]2(c1ccc(-n2c3ccccc3c3ccccc32)cc1)c1cccc2ccccc12. The quantitative estimate of drug-likeness (QED) is 0.165. The normalized spacial score (nSPS) is 15.0. The van der Waals surface area contributed by atoms with Crippen molar-refractivity contribution in [3.05, 3.63) is 206 Å². The number of nitrogens with zero attached hydrogens (tertiary/aromatic N) is 2. The second kappa shape index (κ2) is 11.9. The molecule has 1 aliphatic rings. The molecule has 3 nitrogen and oxygen atoms in total. The standard InChI is InChI=1S/C52H34N2OSi/c1-2-16-39-35(14-1)15-13-27-50(39)56(38-31-28-36(29-32-38)53-44-21-7-3-17-40(44)41-18-4-8-22-45(41)53)51-26-12-11-25-48(51)55-49-34-37(30-33-52(49)56)54-46-23-9-5-19-42(46)43-20-6-10-24-47(43)54/h1-34H. The van der Waals surface area contributed by atoms with Crippen molar-refractivity contribution in [2.75, 3.05) is 0 Å². The fraction of sp³-hybridized carbons (Fsp3) is 0. The molecule has 2 aromatic heterocycles. The molecule has 1 unspecified atom stereocenters. The number of aromatic nitrogens is 2. The van der Waals surface area contributed by atoms with Crippen LogP contribution in [0.4, 0.5) is 0 Å². The van der Waals surface area contributed by atoms with Crippen molar-refractivity contribution in [3.63, 3.8) is 0 Å². The fourth-order valence-corrected chi connectivity index (χ4v) is 14.9. The molecule has 4 heteroatoms. The molecule has 0 radical (unpaired) electrons. The van der Waals surface area contributed by atoms with Crippen LogP contribution in [0.25, 0.3) is 65.8 Å². The van der Waals surface area contributed by atoms with E-state index in [1.54, 1.807) is 0 Å². The first-order chi connectivity index (χ1) is 27.8. The summed E-state index contributed by atoms with van der Waals surface area (Å²) in [4.78, 5) is 0. The zero-order valence-electron chi connectivity index (χ0n) is 30.4. The topological polar surface area (TPSA) is 19.1 Å². The molecule has 11 aromatic rings. The van der Waals surface area contributed by atoms with Crippen LogP contribution in [-0.2, 0) is 0 Å². The van der Waals surface area contributed by atoms with Gasteiger partial charge in [0, 0.05) is 39.0 Å². The predicted molar refractivity (Wildman–Crippen MR) is 236 cm³/mol. The van der Waals surface area contributed by atoms with E-state index in [1.165, 1.54) is 75.1 Å². The molecule has 56 heavy (non-hydrogen) atoms. The van der Waals surface area contributed by atoms with Crippen LogP contribution in [0.2, 0.25) is 0 Å². The average molecular weight is 731 g/mol. The smallest absolute Gasteiger partial charge is 0.188 e. The van der Waals surface area contributed by atoms with Gasteiger partial charge in [-0.1, -0.05) is 152 Å². The number of hydrogen-bond acceptors (Lipinski definition) is 1. The number of benzene rings is 9. The molecule has 3 heterocycles. The predicted octanol–water partition coefficient (Wildman–Crippen LogP) is 10.5. The first-order valence-corrected chi connectivity index (χ1v) is 21.3. The minimum absolute atomic E-state index is 0.911. The molecular formula is C52H34N2OSi. The van der Waals surface area contributed by atoms with Gasteiger partial charge in [0.05, 0.1) is 22.1 Å². The van der Waals surface area contributed by atoms with Gasteiger partial charge in [0.1, 0.15) is 11.5 Å². The highest BCUT2D eigenvalue weighted by Gasteiger charge is 2.49. The lowest BCUT2D eigenvalue weighted by molar-refractivity contribution is 0.487. The molecule has 0 amide bonds. The Morgan fingerprint density at radius 3 is 1.39 bits per heavy atom. The van der Waals surface area contributed by atoms with Gasteiger partial charge in [-0.3, -0.25) is 0 Å². The van der Waals surface area contributed by atoms with Crippen LogP contribution in [0.15, 0.2) is 206 Å². The largest absolute Gasteiger partial charge is 0.457 e. The van der Waals surface area contributed by atoms with Crippen LogP contribution in [0, 0.1) is 0 Å². The molecule has 0 N–H and O–H groups in total. The molecule has 262 valence electrons. The minimum Gasteiger partial charge on any atom is -0.457 e. The van der Waals surface area contributed by atoms with Crippen molar-refractivity contribution in [2.24, 2.45) is 0 Å². The molecule has 0 fully saturated rings. The van der Waals surface area contributed by atoms with E-state index in [-0.39, 0.29) is 0 Å². The second-order valence-electron chi connectivity index (χ2n) is 14.8. The van der Waals surface area contributed by atoms with Gasteiger partial charge >= 0.3 is 0 Å². The van der Waals surface area contributed by atoms with Gasteiger partial charge < -0.3 is 13.9 Å². The second-order valence-corrected chi connectivity index (χ2v) is 18.5. The highest BCUT2D eigenvalue weighted by Crippen LogP contribution is 2.37. The van der Waals surface area contributed by atoms with Gasteiger partial charge in [-0.05, 0) is 80.1 Å². The van der Waals surface area contributed by atoms with Crippen LogP contribution in [0.5, 0.6) is 11.5 Å². The lowest BCUT2D eigenvalue weighted by Gasteiger charge is -2.40. The highest BCUT2D eigenvalue weighted by molar-refractivity contribution is 7.21. The maximum absolute atomic E-state index is 7.05. The Labute approximate surface area is 324 Å². The van der Waals surface area contributed by atoms with Gasteiger partial charge in [0.2, 0.25) is 0 Å². The lowest BCUT2D eigenvalue weighted by atomic mass is 10.1. The van der Waals surface area contributed by atoms with E-state index in [0.29, 0.717) is 0 Å². The van der Waals surface area contributed by atoms with Crippen LogP contribution >= 0.6 is 0 Å². The molecular weight excluding hydrogens is 697 g/mol. The van der Waals surface area contributed by atoms with E-state index in [0.717, 1.165) is 22.9 Å². The Hall–Kier alpha value is -7.14. The van der Waals surface area contributed by atoms with Crippen LogP contribution in [0.1, 0.15) is 0 Å². The van der Waals surface area contributed by atoms with Gasteiger partial charge in [0.25, 0.3) is 0 Å². The number of ether oxygens (including phenoxy) is 1. The minimum atomic E-state index is -3.01. The van der Waals surface area contributed by atoms with Gasteiger partial charge in [0.15, 0.2) is 8.07 Å².